The van der Waals surface area contributed by atoms with Crippen molar-refractivity contribution in [2.24, 2.45) is 0 Å². The molecule has 0 unspecified atom stereocenters. The van der Waals surface area contributed by atoms with Crippen molar-refractivity contribution in [1.29, 1.82) is 5.26 Å². The Morgan fingerprint density at radius 2 is 1.92 bits per heavy atom. The van der Waals surface area contributed by atoms with Crippen LogP contribution in [0.4, 0.5) is 5.69 Å². The van der Waals surface area contributed by atoms with Gasteiger partial charge < -0.3 is 4.90 Å². The van der Waals surface area contributed by atoms with Crippen molar-refractivity contribution < 1.29 is 4.79 Å². The molecule has 0 spiro atoms. The summed E-state index contributed by atoms with van der Waals surface area (Å²) in [7, 11) is 0. The Labute approximate surface area is 153 Å². The number of benzene rings is 1. The van der Waals surface area contributed by atoms with Gasteiger partial charge in [-0.15, -0.1) is 0 Å². The molecule has 0 aliphatic carbocycles. The molecule has 2 saturated heterocycles. The van der Waals surface area contributed by atoms with Gasteiger partial charge in [-0.2, -0.15) is 10.4 Å². The van der Waals surface area contributed by atoms with Gasteiger partial charge in [0.1, 0.15) is 0 Å². The predicted molar refractivity (Wildman–Crippen MR) is 98.6 cm³/mol. The number of rotatable bonds is 3. The SMILES string of the molecule is N#Cc1ccc(N2CCC[C@H](N3CCC[C@@H](n4cccn4)C3)C2=O)cc1. The number of amides is 1. The van der Waals surface area contributed by atoms with Crippen molar-refractivity contribution in [1.82, 2.24) is 14.7 Å². The van der Waals surface area contributed by atoms with Crippen molar-refractivity contribution >= 4 is 11.6 Å². The predicted octanol–water partition coefficient (Wildman–Crippen LogP) is 2.59. The zero-order chi connectivity index (χ0) is 17.9. The lowest BCUT2D eigenvalue weighted by molar-refractivity contribution is -0.126. The number of carbonyl (C=O) groups is 1. The number of hydrogen-bond acceptors (Lipinski definition) is 4. The van der Waals surface area contributed by atoms with E-state index in [0.717, 1.165) is 51.0 Å². The summed E-state index contributed by atoms with van der Waals surface area (Å²) in [5.41, 5.74) is 1.51. The zero-order valence-corrected chi connectivity index (χ0v) is 14.8. The average Bonchev–Trinajstić information content (AvgIpc) is 3.23. The fourth-order valence-corrected chi connectivity index (χ4v) is 4.15. The van der Waals surface area contributed by atoms with Crippen LogP contribution >= 0.6 is 0 Å². The molecule has 26 heavy (non-hydrogen) atoms. The first-order valence-corrected chi connectivity index (χ1v) is 9.31. The molecule has 2 atom stereocenters. The summed E-state index contributed by atoms with van der Waals surface area (Å²) in [5, 5.41) is 13.3. The smallest absolute Gasteiger partial charge is 0.244 e. The molecule has 2 aromatic rings. The Balaban J connectivity index is 1.49. The van der Waals surface area contributed by atoms with Crippen LogP contribution in [0.2, 0.25) is 0 Å². The summed E-state index contributed by atoms with van der Waals surface area (Å²) >= 11 is 0. The number of anilines is 1. The first kappa shape index (κ1) is 16.8. The quantitative estimate of drug-likeness (QED) is 0.854. The van der Waals surface area contributed by atoms with Crippen LogP contribution in [0, 0.1) is 11.3 Å². The van der Waals surface area contributed by atoms with Gasteiger partial charge in [0.05, 0.1) is 23.7 Å². The highest BCUT2D eigenvalue weighted by Gasteiger charge is 2.36. The Kier molecular flexibility index (Phi) is 4.72. The van der Waals surface area contributed by atoms with Crippen molar-refractivity contribution in [3.8, 4) is 6.07 Å². The van der Waals surface area contributed by atoms with Gasteiger partial charge in [0.15, 0.2) is 0 Å². The molecule has 0 saturated carbocycles. The minimum Gasteiger partial charge on any atom is -0.311 e. The molecule has 6 nitrogen and oxygen atoms in total. The Morgan fingerprint density at radius 3 is 2.65 bits per heavy atom. The Hall–Kier alpha value is -2.65. The molecule has 134 valence electrons. The minimum absolute atomic E-state index is 0.0576. The standard InChI is InChI=1S/C20H23N5O/c21-14-16-6-8-17(9-7-16)24-12-2-5-19(20(24)26)23-11-1-4-18(15-23)25-13-3-10-22-25/h3,6-10,13,18-19H,1-2,4-5,11-12,15H2/t18-,19+/m1/s1. The summed E-state index contributed by atoms with van der Waals surface area (Å²) in [4.78, 5) is 17.4. The van der Waals surface area contributed by atoms with Crippen LogP contribution in [-0.4, -0.2) is 46.3 Å². The van der Waals surface area contributed by atoms with Crippen molar-refractivity contribution in [3.63, 3.8) is 0 Å². The Morgan fingerprint density at radius 1 is 1.12 bits per heavy atom. The maximum Gasteiger partial charge on any atom is 0.244 e. The first-order valence-electron chi connectivity index (χ1n) is 9.31. The molecule has 3 heterocycles. The van der Waals surface area contributed by atoms with Crippen LogP contribution in [0.15, 0.2) is 42.7 Å². The zero-order valence-electron chi connectivity index (χ0n) is 14.8. The number of likely N-dealkylation sites (tertiary alicyclic amines) is 1. The molecule has 0 N–H and O–H groups in total. The fraction of sp³-hybridized carbons (Fsp3) is 0.450. The number of carbonyl (C=O) groups excluding carboxylic acids is 1. The van der Waals surface area contributed by atoms with E-state index < -0.39 is 0 Å². The molecule has 0 bridgehead atoms. The third-order valence-electron chi connectivity index (χ3n) is 5.49. The second-order valence-corrected chi connectivity index (χ2v) is 7.08. The van der Waals surface area contributed by atoms with Gasteiger partial charge in [-0.3, -0.25) is 14.4 Å². The molecule has 4 rings (SSSR count). The van der Waals surface area contributed by atoms with Gasteiger partial charge >= 0.3 is 0 Å². The average molecular weight is 349 g/mol. The molecular formula is C20H23N5O. The van der Waals surface area contributed by atoms with Crippen LogP contribution in [-0.2, 0) is 4.79 Å². The molecule has 1 aromatic carbocycles. The largest absolute Gasteiger partial charge is 0.311 e. The maximum absolute atomic E-state index is 13.2. The van der Waals surface area contributed by atoms with E-state index in [1.54, 1.807) is 12.1 Å². The van der Waals surface area contributed by atoms with Crippen LogP contribution in [0.3, 0.4) is 0 Å². The third-order valence-corrected chi connectivity index (χ3v) is 5.49. The minimum atomic E-state index is -0.0576. The lowest BCUT2D eigenvalue weighted by Gasteiger charge is -2.42. The van der Waals surface area contributed by atoms with Crippen LogP contribution in [0.5, 0.6) is 0 Å². The first-order chi connectivity index (χ1) is 12.8. The third kappa shape index (κ3) is 3.23. The second kappa shape index (κ2) is 7.30. The fourth-order valence-electron chi connectivity index (χ4n) is 4.15. The maximum atomic E-state index is 13.2. The van der Waals surface area contributed by atoms with E-state index in [4.69, 9.17) is 5.26 Å². The van der Waals surface area contributed by atoms with E-state index in [-0.39, 0.29) is 11.9 Å². The lowest BCUT2D eigenvalue weighted by atomic mass is 9.97. The molecule has 2 aliphatic rings. The normalized spacial score (nSPS) is 24.4. The molecule has 2 aliphatic heterocycles. The van der Waals surface area contributed by atoms with E-state index in [9.17, 15) is 4.79 Å². The number of piperidine rings is 2. The summed E-state index contributed by atoms with van der Waals surface area (Å²) < 4.78 is 2.03. The van der Waals surface area contributed by atoms with Crippen molar-refractivity contribution in [2.75, 3.05) is 24.5 Å². The van der Waals surface area contributed by atoms with Crippen LogP contribution in [0.25, 0.3) is 0 Å². The van der Waals surface area contributed by atoms with Crippen LogP contribution in [0.1, 0.15) is 37.3 Å². The number of nitriles is 1. The molecule has 1 aromatic heterocycles. The molecule has 2 fully saturated rings. The summed E-state index contributed by atoms with van der Waals surface area (Å²) in [6.45, 7) is 2.59. The number of hydrogen-bond donors (Lipinski definition) is 0. The van der Waals surface area contributed by atoms with Gasteiger partial charge in [0.2, 0.25) is 5.91 Å². The lowest BCUT2D eigenvalue weighted by Crippen LogP contribution is -2.55. The highest BCUT2D eigenvalue weighted by molar-refractivity contribution is 5.98. The molecular weight excluding hydrogens is 326 g/mol. The number of aromatic nitrogens is 2. The van der Waals surface area contributed by atoms with E-state index in [2.05, 4.69) is 16.1 Å². The summed E-state index contributed by atoms with van der Waals surface area (Å²) in [6.07, 6.45) is 7.94. The monoisotopic (exact) mass is 349 g/mol. The van der Waals surface area contributed by atoms with E-state index in [1.807, 2.05) is 40.2 Å². The van der Waals surface area contributed by atoms with E-state index in [1.165, 1.54) is 0 Å². The highest BCUT2D eigenvalue weighted by Crippen LogP contribution is 2.28. The summed E-state index contributed by atoms with van der Waals surface area (Å²) in [6, 6.07) is 11.7. The molecule has 0 radical (unpaired) electrons. The molecule has 1 amide bonds. The van der Waals surface area contributed by atoms with E-state index in [0.29, 0.717) is 11.6 Å². The summed E-state index contributed by atoms with van der Waals surface area (Å²) in [5.74, 6) is 0.182. The van der Waals surface area contributed by atoms with Gasteiger partial charge in [0, 0.05) is 31.2 Å². The Bertz CT molecular complexity index is 793. The topological polar surface area (TPSA) is 65.2 Å². The van der Waals surface area contributed by atoms with Crippen molar-refractivity contribution in [3.05, 3.63) is 48.3 Å². The van der Waals surface area contributed by atoms with Gasteiger partial charge in [-0.1, -0.05) is 0 Å². The van der Waals surface area contributed by atoms with Gasteiger partial charge in [0.25, 0.3) is 0 Å². The van der Waals surface area contributed by atoms with E-state index >= 15 is 0 Å². The van der Waals surface area contributed by atoms with Gasteiger partial charge in [-0.25, -0.2) is 0 Å². The molecule has 6 heteroatoms. The van der Waals surface area contributed by atoms with Crippen molar-refractivity contribution in [2.45, 2.75) is 37.8 Å². The number of nitrogens with zero attached hydrogens (tertiary/aromatic N) is 5. The van der Waals surface area contributed by atoms with Crippen LogP contribution < -0.4 is 4.90 Å². The highest BCUT2D eigenvalue weighted by atomic mass is 16.2. The second-order valence-electron chi connectivity index (χ2n) is 7.08. The van der Waals surface area contributed by atoms with Gasteiger partial charge in [-0.05, 0) is 62.6 Å².